The molecule has 3 rings (SSSR count). The average molecular weight is 248 g/mol. The van der Waals surface area contributed by atoms with Gasteiger partial charge < -0.3 is 14.6 Å². The van der Waals surface area contributed by atoms with Crippen molar-refractivity contribution in [1.82, 2.24) is 0 Å². The molecule has 1 aromatic carbocycles. The van der Waals surface area contributed by atoms with E-state index in [1.165, 1.54) is 5.56 Å². The maximum atomic E-state index is 10.2. The SMILES string of the molecule is OC1c2ccccc2CC1OCC1CCOCC1. The van der Waals surface area contributed by atoms with Crippen LogP contribution in [-0.2, 0) is 15.9 Å². The van der Waals surface area contributed by atoms with Crippen LogP contribution in [0.3, 0.4) is 0 Å². The molecular weight excluding hydrogens is 228 g/mol. The van der Waals surface area contributed by atoms with Crippen LogP contribution in [0.25, 0.3) is 0 Å². The Morgan fingerprint density at radius 3 is 2.78 bits per heavy atom. The van der Waals surface area contributed by atoms with Crippen LogP contribution in [0, 0.1) is 5.92 Å². The molecule has 2 atom stereocenters. The third-order valence-corrected chi connectivity index (χ3v) is 4.03. The summed E-state index contributed by atoms with van der Waals surface area (Å²) in [7, 11) is 0. The Morgan fingerprint density at radius 2 is 2.00 bits per heavy atom. The van der Waals surface area contributed by atoms with E-state index in [1.54, 1.807) is 0 Å². The zero-order valence-electron chi connectivity index (χ0n) is 10.5. The summed E-state index contributed by atoms with van der Waals surface area (Å²) in [5, 5.41) is 10.2. The third kappa shape index (κ3) is 2.44. The Labute approximate surface area is 108 Å². The maximum absolute atomic E-state index is 10.2. The van der Waals surface area contributed by atoms with Crippen molar-refractivity contribution >= 4 is 0 Å². The molecule has 0 radical (unpaired) electrons. The van der Waals surface area contributed by atoms with E-state index >= 15 is 0 Å². The van der Waals surface area contributed by atoms with Gasteiger partial charge in [0.1, 0.15) is 6.10 Å². The van der Waals surface area contributed by atoms with Crippen molar-refractivity contribution in [3.8, 4) is 0 Å². The Morgan fingerprint density at radius 1 is 1.22 bits per heavy atom. The molecule has 2 unspecified atom stereocenters. The van der Waals surface area contributed by atoms with E-state index < -0.39 is 6.10 Å². The van der Waals surface area contributed by atoms with Crippen molar-refractivity contribution in [1.29, 1.82) is 0 Å². The quantitative estimate of drug-likeness (QED) is 0.890. The molecule has 1 aromatic rings. The van der Waals surface area contributed by atoms with Gasteiger partial charge in [-0.15, -0.1) is 0 Å². The fraction of sp³-hybridized carbons (Fsp3) is 0.600. The van der Waals surface area contributed by atoms with Gasteiger partial charge in [0.15, 0.2) is 0 Å². The summed E-state index contributed by atoms with van der Waals surface area (Å²) in [5.41, 5.74) is 2.26. The van der Waals surface area contributed by atoms with E-state index in [0.717, 1.165) is 44.6 Å². The molecule has 1 N–H and O–H groups in total. The first-order chi connectivity index (χ1) is 8.84. The van der Waals surface area contributed by atoms with Gasteiger partial charge in [-0.1, -0.05) is 24.3 Å². The minimum Gasteiger partial charge on any atom is -0.386 e. The van der Waals surface area contributed by atoms with Gasteiger partial charge >= 0.3 is 0 Å². The average Bonchev–Trinajstić information content (AvgIpc) is 2.75. The zero-order valence-corrected chi connectivity index (χ0v) is 10.5. The number of ether oxygens (including phenoxy) is 2. The lowest BCUT2D eigenvalue weighted by Gasteiger charge is -2.24. The van der Waals surface area contributed by atoms with Gasteiger partial charge in [-0.25, -0.2) is 0 Å². The Bertz CT molecular complexity index is 398. The molecule has 1 fully saturated rings. The van der Waals surface area contributed by atoms with Gasteiger partial charge in [0.2, 0.25) is 0 Å². The lowest BCUT2D eigenvalue weighted by molar-refractivity contribution is -0.0559. The van der Waals surface area contributed by atoms with E-state index in [4.69, 9.17) is 9.47 Å². The minimum atomic E-state index is -0.457. The zero-order chi connectivity index (χ0) is 12.4. The van der Waals surface area contributed by atoms with Crippen molar-refractivity contribution in [2.75, 3.05) is 19.8 Å². The highest BCUT2D eigenvalue weighted by Gasteiger charge is 2.31. The Hall–Kier alpha value is -0.900. The molecule has 1 aliphatic heterocycles. The molecule has 0 spiro atoms. The van der Waals surface area contributed by atoms with Crippen molar-refractivity contribution in [3.63, 3.8) is 0 Å². The number of rotatable bonds is 3. The second kappa shape index (κ2) is 5.39. The van der Waals surface area contributed by atoms with Gasteiger partial charge in [-0.05, 0) is 29.9 Å². The summed E-state index contributed by atoms with van der Waals surface area (Å²) >= 11 is 0. The predicted molar refractivity (Wildman–Crippen MR) is 68.4 cm³/mol. The molecule has 2 aliphatic rings. The van der Waals surface area contributed by atoms with Crippen molar-refractivity contribution in [2.24, 2.45) is 5.92 Å². The number of aliphatic hydroxyl groups is 1. The van der Waals surface area contributed by atoms with Crippen molar-refractivity contribution in [3.05, 3.63) is 35.4 Å². The largest absolute Gasteiger partial charge is 0.386 e. The van der Waals surface area contributed by atoms with Crippen LogP contribution < -0.4 is 0 Å². The van der Waals surface area contributed by atoms with Gasteiger partial charge in [0.25, 0.3) is 0 Å². The van der Waals surface area contributed by atoms with Crippen LogP contribution >= 0.6 is 0 Å². The first-order valence-electron chi connectivity index (χ1n) is 6.80. The van der Waals surface area contributed by atoms with Gasteiger partial charge in [0.05, 0.1) is 12.7 Å². The maximum Gasteiger partial charge on any atom is 0.106 e. The summed E-state index contributed by atoms with van der Waals surface area (Å²) < 4.78 is 11.3. The van der Waals surface area contributed by atoms with E-state index in [0.29, 0.717) is 5.92 Å². The van der Waals surface area contributed by atoms with Gasteiger partial charge in [-0.3, -0.25) is 0 Å². The summed E-state index contributed by atoms with van der Waals surface area (Å²) in [4.78, 5) is 0. The van der Waals surface area contributed by atoms with Crippen molar-refractivity contribution in [2.45, 2.75) is 31.5 Å². The monoisotopic (exact) mass is 248 g/mol. The van der Waals surface area contributed by atoms with E-state index in [1.807, 2.05) is 18.2 Å². The third-order valence-electron chi connectivity index (χ3n) is 4.03. The van der Waals surface area contributed by atoms with Crippen LogP contribution in [0.15, 0.2) is 24.3 Å². The highest BCUT2D eigenvalue weighted by Crippen LogP contribution is 2.33. The number of benzene rings is 1. The standard InChI is InChI=1S/C15H20O3/c16-15-13-4-2-1-3-12(13)9-14(15)18-10-11-5-7-17-8-6-11/h1-4,11,14-16H,5-10H2. The van der Waals surface area contributed by atoms with E-state index in [-0.39, 0.29) is 6.10 Å². The Kier molecular flexibility index (Phi) is 3.64. The number of aliphatic hydroxyl groups excluding tert-OH is 1. The molecule has 0 bridgehead atoms. The highest BCUT2D eigenvalue weighted by atomic mass is 16.5. The minimum absolute atomic E-state index is 0.0646. The molecule has 1 saturated heterocycles. The summed E-state index contributed by atoms with van der Waals surface area (Å²) in [6.45, 7) is 2.45. The topological polar surface area (TPSA) is 38.7 Å². The molecule has 1 heterocycles. The lowest BCUT2D eigenvalue weighted by atomic mass is 10.0. The Balaban J connectivity index is 1.56. The van der Waals surface area contributed by atoms with Crippen LogP contribution in [-0.4, -0.2) is 31.0 Å². The second-order valence-corrected chi connectivity index (χ2v) is 5.28. The van der Waals surface area contributed by atoms with Crippen LogP contribution in [0.1, 0.15) is 30.1 Å². The summed E-state index contributed by atoms with van der Waals surface area (Å²) in [5.74, 6) is 0.592. The highest BCUT2D eigenvalue weighted by molar-refractivity contribution is 5.35. The summed E-state index contributed by atoms with van der Waals surface area (Å²) in [6.07, 6.45) is 2.47. The number of hydrogen-bond acceptors (Lipinski definition) is 3. The first-order valence-corrected chi connectivity index (χ1v) is 6.80. The molecule has 98 valence electrons. The molecule has 0 saturated carbocycles. The predicted octanol–water partition coefficient (Wildman–Crippen LogP) is 2.09. The molecule has 18 heavy (non-hydrogen) atoms. The van der Waals surface area contributed by atoms with E-state index in [9.17, 15) is 5.11 Å². The fourth-order valence-corrected chi connectivity index (χ4v) is 2.86. The second-order valence-electron chi connectivity index (χ2n) is 5.28. The number of fused-ring (bicyclic) bond motifs is 1. The van der Waals surface area contributed by atoms with Gasteiger partial charge in [0, 0.05) is 19.6 Å². The van der Waals surface area contributed by atoms with Crippen molar-refractivity contribution < 1.29 is 14.6 Å². The molecule has 0 amide bonds. The van der Waals surface area contributed by atoms with Crippen LogP contribution in [0.5, 0.6) is 0 Å². The number of hydrogen-bond donors (Lipinski definition) is 1. The molecule has 3 heteroatoms. The van der Waals surface area contributed by atoms with E-state index in [2.05, 4.69) is 6.07 Å². The molecular formula is C15H20O3. The van der Waals surface area contributed by atoms with Crippen LogP contribution in [0.2, 0.25) is 0 Å². The fourth-order valence-electron chi connectivity index (χ4n) is 2.86. The lowest BCUT2D eigenvalue weighted by Crippen LogP contribution is -2.25. The van der Waals surface area contributed by atoms with Gasteiger partial charge in [-0.2, -0.15) is 0 Å². The first kappa shape index (κ1) is 12.2. The normalized spacial score (nSPS) is 28.3. The molecule has 0 aromatic heterocycles. The summed E-state index contributed by atoms with van der Waals surface area (Å²) in [6, 6.07) is 8.07. The van der Waals surface area contributed by atoms with Crippen LogP contribution in [0.4, 0.5) is 0 Å². The molecule has 1 aliphatic carbocycles. The molecule has 3 nitrogen and oxygen atoms in total. The smallest absolute Gasteiger partial charge is 0.106 e.